The lowest BCUT2D eigenvalue weighted by Crippen LogP contribution is -2.44. The third-order valence-corrected chi connectivity index (χ3v) is 4.32. The van der Waals surface area contributed by atoms with Crippen LogP contribution in [-0.4, -0.2) is 65.1 Å². The Morgan fingerprint density at radius 3 is 2.92 bits per heavy atom. The smallest absolute Gasteiger partial charge is 0.259 e. The van der Waals surface area contributed by atoms with E-state index in [0.717, 1.165) is 0 Å². The molecule has 1 unspecified atom stereocenters. The first-order valence-electron chi connectivity index (χ1n) is 7.77. The van der Waals surface area contributed by atoms with Crippen LogP contribution in [0.2, 0.25) is 0 Å². The Hall–Kier alpha value is -2.25. The number of fused-ring (bicyclic) bond motifs is 1. The van der Waals surface area contributed by atoms with E-state index in [-0.39, 0.29) is 23.0 Å². The molecule has 2 N–H and O–H groups in total. The maximum absolute atomic E-state index is 13.7. The third-order valence-electron chi connectivity index (χ3n) is 4.32. The van der Waals surface area contributed by atoms with Crippen LogP contribution in [0, 0.1) is 5.82 Å². The molecule has 1 fully saturated rings. The SMILES string of the molecule is CN(C)CC1(O)CCN(C(=O)c2c[nH]c3c(F)cccc3c2=O)C1. The van der Waals surface area contributed by atoms with E-state index < -0.39 is 22.8 Å². The van der Waals surface area contributed by atoms with Crippen LogP contribution in [-0.2, 0) is 0 Å². The zero-order chi connectivity index (χ0) is 17.5. The number of carbonyl (C=O) groups is 1. The number of nitrogens with zero attached hydrogens (tertiary/aromatic N) is 2. The van der Waals surface area contributed by atoms with Crippen LogP contribution in [0.4, 0.5) is 4.39 Å². The maximum atomic E-state index is 13.7. The lowest BCUT2D eigenvalue weighted by Gasteiger charge is -2.26. The highest BCUT2D eigenvalue weighted by molar-refractivity contribution is 5.97. The molecule has 1 amide bonds. The average molecular weight is 333 g/mol. The number of halogens is 1. The van der Waals surface area contributed by atoms with Gasteiger partial charge in [-0.2, -0.15) is 0 Å². The fraction of sp³-hybridized carbons (Fsp3) is 0.412. The molecule has 0 bridgehead atoms. The van der Waals surface area contributed by atoms with Crippen LogP contribution < -0.4 is 5.43 Å². The van der Waals surface area contributed by atoms with Crippen LogP contribution >= 0.6 is 0 Å². The van der Waals surface area contributed by atoms with Gasteiger partial charge in [0.1, 0.15) is 11.4 Å². The minimum atomic E-state index is -0.977. The predicted octanol–water partition coefficient (Wildman–Crippen LogP) is 0.806. The molecule has 1 aromatic heterocycles. The summed E-state index contributed by atoms with van der Waals surface area (Å²) in [7, 11) is 3.70. The Morgan fingerprint density at radius 1 is 1.46 bits per heavy atom. The highest BCUT2D eigenvalue weighted by Gasteiger charge is 2.39. The van der Waals surface area contributed by atoms with Crippen molar-refractivity contribution >= 4 is 16.8 Å². The zero-order valence-electron chi connectivity index (χ0n) is 13.7. The summed E-state index contributed by atoms with van der Waals surface area (Å²) in [5.74, 6) is -0.984. The van der Waals surface area contributed by atoms with Gasteiger partial charge in [-0.1, -0.05) is 6.07 Å². The number of amides is 1. The summed E-state index contributed by atoms with van der Waals surface area (Å²) in [6, 6.07) is 4.18. The number of β-amino-alcohol motifs (C(OH)–C–C–N with tert-alkyl or cyclic N) is 1. The molecule has 6 nitrogen and oxygen atoms in total. The summed E-state index contributed by atoms with van der Waals surface area (Å²) in [5.41, 5.74) is -1.43. The Kier molecular flexibility index (Phi) is 4.15. The number of para-hydroxylation sites is 1. The molecule has 0 aliphatic carbocycles. The predicted molar refractivity (Wildman–Crippen MR) is 88.6 cm³/mol. The van der Waals surface area contributed by atoms with E-state index >= 15 is 0 Å². The van der Waals surface area contributed by atoms with E-state index in [1.54, 1.807) is 0 Å². The first-order valence-corrected chi connectivity index (χ1v) is 7.77. The molecule has 1 saturated heterocycles. The van der Waals surface area contributed by atoms with E-state index in [4.69, 9.17) is 0 Å². The third kappa shape index (κ3) is 2.92. The second kappa shape index (κ2) is 5.99. The summed E-state index contributed by atoms with van der Waals surface area (Å²) in [5, 5.41) is 10.7. The molecule has 1 aliphatic heterocycles. The van der Waals surface area contributed by atoms with Gasteiger partial charge < -0.3 is 19.9 Å². The number of benzene rings is 1. The quantitative estimate of drug-likeness (QED) is 0.871. The lowest BCUT2D eigenvalue weighted by molar-refractivity contribution is 0.0236. The molecule has 1 aliphatic rings. The van der Waals surface area contributed by atoms with E-state index in [1.165, 1.54) is 29.3 Å². The summed E-state index contributed by atoms with van der Waals surface area (Å²) >= 11 is 0. The topological polar surface area (TPSA) is 76.6 Å². The van der Waals surface area contributed by atoms with Gasteiger partial charge in [-0.15, -0.1) is 0 Å². The number of aromatic nitrogens is 1. The minimum Gasteiger partial charge on any atom is -0.387 e. The number of aliphatic hydroxyl groups is 1. The van der Waals surface area contributed by atoms with Crippen molar-refractivity contribution < 1.29 is 14.3 Å². The van der Waals surface area contributed by atoms with Crippen molar-refractivity contribution in [2.75, 3.05) is 33.7 Å². The van der Waals surface area contributed by atoms with Crippen LogP contribution in [0.5, 0.6) is 0 Å². The number of likely N-dealkylation sites (tertiary alicyclic amines) is 1. The Bertz CT molecular complexity index is 849. The number of H-pyrrole nitrogens is 1. The summed E-state index contributed by atoms with van der Waals surface area (Å²) < 4.78 is 13.7. The summed E-state index contributed by atoms with van der Waals surface area (Å²) in [6.45, 7) is 0.991. The van der Waals surface area contributed by atoms with Gasteiger partial charge in [0.05, 0.1) is 17.7 Å². The summed E-state index contributed by atoms with van der Waals surface area (Å²) in [4.78, 5) is 31.2. The van der Waals surface area contributed by atoms with Crippen molar-refractivity contribution in [3.63, 3.8) is 0 Å². The number of hydrogen-bond acceptors (Lipinski definition) is 4. The standard InChI is InChI=1S/C17H20FN3O3/c1-20(2)9-17(24)6-7-21(10-17)16(23)12-8-19-14-11(15(12)22)4-3-5-13(14)18/h3-5,8,24H,6-7,9-10H2,1-2H3,(H,19,22). The van der Waals surface area contributed by atoms with E-state index in [0.29, 0.717) is 19.5 Å². The fourth-order valence-corrected chi connectivity index (χ4v) is 3.29. The molecule has 0 spiro atoms. The summed E-state index contributed by atoms with van der Waals surface area (Å²) in [6.07, 6.45) is 1.70. The van der Waals surface area contributed by atoms with E-state index in [2.05, 4.69) is 4.98 Å². The van der Waals surface area contributed by atoms with Gasteiger partial charge in [-0.05, 0) is 32.6 Å². The normalized spacial score (nSPS) is 21.0. The molecule has 7 heteroatoms. The van der Waals surface area contributed by atoms with Crippen LogP contribution in [0.1, 0.15) is 16.8 Å². The Balaban J connectivity index is 1.90. The van der Waals surface area contributed by atoms with E-state index in [1.807, 2.05) is 19.0 Å². The van der Waals surface area contributed by atoms with Crippen LogP contribution in [0.3, 0.4) is 0 Å². The number of nitrogens with one attached hydrogen (secondary N) is 1. The maximum Gasteiger partial charge on any atom is 0.259 e. The second-order valence-corrected chi connectivity index (χ2v) is 6.63. The first-order chi connectivity index (χ1) is 11.3. The largest absolute Gasteiger partial charge is 0.387 e. The van der Waals surface area contributed by atoms with Crippen LogP contribution in [0.25, 0.3) is 10.9 Å². The highest BCUT2D eigenvalue weighted by Crippen LogP contribution is 2.23. The van der Waals surface area contributed by atoms with Crippen molar-refractivity contribution in [2.24, 2.45) is 0 Å². The number of likely N-dealkylation sites (N-methyl/N-ethyl adjacent to an activating group) is 1. The number of hydrogen-bond donors (Lipinski definition) is 2. The van der Waals surface area contributed by atoms with Crippen molar-refractivity contribution in [1.29, 1.82) is 0 Å². The van der Waals surface area contributed by atoms with Crippen molar-refractivity contribution in [1.82, 2.24) is 14.8 Å². The van der Waals surface area contributed by atoms with Gasteiger partial charge in [0.25, 0.3) is 5.91 Å². The highest BCUT2D eigenvalue weighted by atomic mass is 19.1. The molecule has 24 heavy (non-hydrogen) atoms. The van der Waals surface area contributed by atoms with Crippen molar-refractivity contribution in [3.8, 4) is 0 Å². The number of aromatic amines is 1. The Morgan fingerprint density at radius 2 is 2.21 bits per heavy atom. The molecule has 1 atom stereocenters. The molecule has 3 rings (SSSR count). The van der Waals surface area contributed by atoms with Gasteiger partial charge in [-0.3, -0.25) is 9.59 Å². The van der Waals surface area contributed by atoms with E-state index in [9.17, 15) is 19.1 Å². The van der Waals surface area contributed by atoms with Gasteiger partial charge in [-0.25, -0.2) is 4.39 Å². The van der Waals surface area contributed by atoms with Crippen molar-refractivity contribution in [2.45, 2.75) is 12.0 Å². The molecule has 0 saturated carbocycles. The first kappa shape index (κ1) is 16.6. The van der Waals surface area contributed by atoms with Gasteiger partial charge in [0, 0.05) is 24.7 Å². The zero-order valence-corrected chi connectivity index (χ0v) is 13.7. The number of carbonyl (C=O) groups excluding carboxylic acids is 1. The fourth-order valence-electron chi connectivity index (χ4n) is 3.29. The molecule has 0 radical (unpaired) electrons. The monoisotopic (exact) mass is 333 g/mol. The lowest BCUT2D eigenvalue weighted by atomic mass is 10.0. The second-order valence-electron chi connectivity index (χ2n) is 6.63. The molecular formula is C17H20FN3O3. The molecule has 128 valence electrons. The van der Waals surface area contributed by atoms with Gasteiger partial charge >= 0.3 is 0 Å². The number of pyridine rings is 1. The molecule has 1 aromatic carbocycles. The molecule has 2 aromatic rings. The van der Waals surface area contributed by atoms with Gasteiger partial charge in [0.2, 0.25) is 5.43 Å². The average Bonchev–Trinajstić information content (AvgIpc) is 2.89. The Labute approximate surface area is 138 Å². The van der Waals surface area contributed by atoms with Crippen LogP contribution in [0.15, 0.2) is 29.2 Å². The van der Waals surface area contributed by atoms with Crippen molar-refractivity contribution in [3.05, 3.63) is 46.0 Å². The molecule has 2 heterocycles. The number of rotatable bonds is 3. The molecular weight excluding hydrogens is 313 g/mol. The minimum absolute atomic E-state index is 0.0396. The van der Waals surface area contributed by atoms with Gasteiger partial charge in [0.15, 0.2) is 0 Å².